The summed E-state index contributed by atoms with van der Waals surface area (Å²) in [4.78, 5) is 4.25. The Balaban J connectivity index is 2.88. The molecule has 6 heteroatoms. The molecule has 0 aliphatic heterocycles. The zero-order chi connectivity index (χ0) is 20.1. The van der Waals surface area contributed by atoms with Gasteiger partial charge in [-0.1, -0.05) is 59.4 Å². The normalized spacial score (nSPS) is 13.6. The molecule has 0 radical (unpaired) electrons. The van der Waals surface area contributed by atoms with E-state index in [4.69, 9.17) is 44.3 Å². The van der Waals surface area contributed by atoms with Gasteiger partial charge in [0, 0.05) is 23.0 Å². The highest BCUT2D eigenvalue weighted by Gasteiger charge is 2.18. The molecule has 0 saturated heterocycles. The van der Waals surface area contributed by atoms with Crippen molar-refractivity contribution >= 4 is 51.7 Å². The molecule has 3 nitrogen and oxygen atoms in total. The molecule has 2 aromatic rings. The van der Waals surface area contributed by atoms with Crippen LogP contribution < -0.4 is 19.9 Å². The summed E-state index contributed by atoms with van der Waals surface area (Å²) < 4.78 is 10.7. The Hall–Kier alpha value is -1.68. The molecule has 2 rings (SSSR count). The summed E-state index contributed by atoms with van der Waals surface area (Å²) in [5, 5.41) is 3.34. The third-order valence-corrected chi connectivity index (χ3v) is 5.13. The molecule has 0 amide bonds. The topological polar surface area (TPSA) is 30.8 Å². The fraction of sp³-hybridized carbons (Fsp3) is 0.286. The Morgan fingerprint density at radius 2 is 1.63 bits per heavy atom. The van der Waals surface area contributed by atoms with Gasteiger partial charge in [-0.05, 0) is 37.1 Å². The number of nitrogens with zero attached hydrogens (tertiary/aromatic N) is 1. The van der Waals surface area contributed by atoms with Crippen LogP contribution in [-0.4, -0.2) is 19.4 Å². The van der Waals surface area contributed by atoms with Gasteiger partial charge in [0.2, 0.25) is 0 Å². The summed E-state index contributed by atoms with van der Waals surface area (Å²) in [6.45, 7) is 5.94. The van der Waals surface area contributed by atoms with Gasteiger partial charge in [-0.2, -0.15) is 0 Å². The number of methoxy groups -OCH3 is 2. The molecular formula is C21H22Cl3NO2. The molecular weight excluding hydrogens is 405 g/mol. The molecule has 0 aromatic heterocycles. The van der Waals surface area contributed by atoms with Crippen molar-refractivity contribution in [3.8, 4) is 22.6 Å². The number of ether oxygens (including phenoxy) is 2. The Morgan fingerprint density at radius 3 is 2.11 bits per heavy atom. The third kappa shape index (κ3) is 4.78. The van der Waals surface area contributed by atoms with E-state index in [0.29, 0.717) is 32.3 Å². The van der Waals surface area contributed by atoms with Crippen LogP contribution in [0.25, 0.3) is 22.9 Å². The average Bonchev–Trinajstić information content (AvgIpc) is 2.66. The first kappa shape index (κ1) is 21.6. The maximum absolute atomic E-state index is 6.56. The molecule has 0 spiro atoms. The van der Waals surface area contributed by atoms with E-state index in [9.17, 15) is 0 Å². The lowest BCUT2D eigenvalue weighted by molar-refractivity contribution is 0.395. The van der Waals surface area contributed by atoms with Gasteiger partial charge in [-0.25, -0.2) is 4.99 Å². The largest absolute Gasteiger partial charge is 0.495 e. The first-order chi connectivity index (χ1) is 12.8. The SMILES string of the molecule is CC/C(C)=c1\ccc(-c2c(Cl)c(OC)cc(OC)c2Cl)c\c1=C\N=C(C)Cl. The van der Waals surface area contributed by atoms with E-state index in [1.165, 1.54) is 5.57 Å². The summed E-state index contributed by atoms with van der Waals surface area (Å²) in [6, 6.07) is 7.68. The van der Waals surface area contributed by atoms with Gasteiger partial charge in [-0.3, -0.25) is 0 Å². The lowest BCUT2D eigenvalue weighted by Crippen LogP contribution is -2.26. The van der Waals surface area contributed by atoms with Crippen molar-refractivity contribution in [2.75, 3.05) is 14.2 Å². The van der Waals surface area contributed by atoms with Gasteiger partial charge in [0.05, 0.1) is 24.3 Å². The predicted molar refractivity (Wildman–Crippen MR) is 117 cm³/mol. The van der Waals surface area contributed by atoms with Gasteiger partial charge in [0.1, 0.15) is 16.7 Å². The number of benzene rings is 2. The molecule has 0 atom stereocenters. The fourth-order valence-corrected chi connectivity index (χ4v) is 3.47. The predicted octanol–water partition coefficient (Wildman–Crippen LogP) is 5.65. The van der Waals surface area contributed by atoms with Crippen LogP contribution in [-0.2, 0) is 0 Å². The van der Waals surface area contributed by atoms with Crippen molar-refractivity contribution in [2.24, 2.45) is 4.99 Å². The Bertz CT molecular complexity index is 965. The summed E-state index contributed by atoms with van der Waals surface area (Å²) in [6.07, 6.45) is 2.68. The van der Waals surface area contributed by atoms with Crippen LogP contribution in [0, 0.1) is 0 Å². The lowest BCUT2D eigenvalue weighted by atomic mass is 10.0. The standard InChI is InChI=1S/C21H22Cl3NO2/c1-6-12(2)16-8-7-14(9-15(16)11-25-13(3)22)19-20(23)17(26-4)10-18(27-5)21(19)24/h7-11H,6H2,1-5H3/b15-11-,16-12+,25-13?. The van der Waals surface area contributed by atoms with Crippen molar-refractivity contribution in [3.63, 3.8) is 0 Å². The van der Waals surface area contributed by atoms with E-state index in [0.717, 1.165) is 22.4 Å². The van der Waals surface area contributed by atoms with Gasteiger partial charge in [0.25, 0.3) is 0 Å². The smallest absolute Gasteiger partial charge is 0.141 e. The second-order valence-electron chi connectivity index (χ2n) is 5.98. The molecule has 0 heterocycles. The monoisotopic (exact) mass is 425 g/mol. The number of halogens is 3. The second-order valence-corrected chi connectivity index (χ2v) is 7.28. The summed E-state index contributed by atoms with van der Waals surface area (Å²) >= 11 is 19.0. The molecule has 0 aliphatic carbocycles. The fourth-order valence-electron chi connectivity index (χ4n) is 2.70. The highest BCUT2D eigenvalue weighted by molar-refractivity contribution is 6.65. The zero-order valence-electron chi connectivity index (χ0n) is 16.0. The molecule has 0 N–H and O–H groups in total. The molecule has 27 heavy (non-hydrogen) atoms. The van der Waals surface area contributed by atoms with Crippen LogP contribution >= 0.6 is 34.8 Å². The number of hydrogen-bond donors (Lipinski definition) is 0. The van der Waals surface area contributed by atoms with Crippen LogP contribution in [0.1, 0.15) is 27.2 Å². The van der Waals surface area contributed by atoms with E-state index in [-0.39, 0.29) is 0 Å². The van der Waals surface area contributed by atoms with E-state index >= 15 is 0 Å². The Morgan fingerprint density at radius 1 is 1.04 bits per heavy atom. The van der Waals surface area contributed by atoms with Crippen LogP contribution in [0.2, 0.25) is 10.0 Å². The number of rotatable bonds is 5. The van der Waals surface area contributed by atoms with Crippen molar-refractivity contribution in [2.45, 2.75) is 27.2 Å². The Labute approximate surface area is 174 Å². The molecule has 0 unspecified atom stereocenters. The highest BCUT2D eigenvalue weighted by atomic mass is 35.5. The molecule has 0 bridgehead atoms. The van der Waals surface area contributed by atoms with Crippen LogP contribution in [0.15, 0.2) is 29.3 Å². The second kappa shape index (κ2) is 9.50. The van der Waals surface area contributed by atoms with E-state index < -0.39 is 0 Å². The molecule has 144 valence electrons. The minimum Gasteiger partial charge on any atom is -0.495 e. The van der Waals surface area contributed by atoms with Crippen molar-refractivity contribution < 1.29 is 9.47 Å². The van der Waals surface area contributed by atoms with Crippen molar-refractivity contribution in [1.82, 2.24) is 0 Å². The average molecular weight is 427 g/mol. The minimum absolute atomic E-state index is 0.426. The van der Waals surface area contributed by atoms with Crippen molar-refractivity contribution in [1.29, 1.82) is 0 Å². The third-order valence-electron chi connectivity index (χ3n) is 4.29. The Kier molecular flexibility index (Phi) is 7.60. The van der Waals surface area contributed by atoms with E-state index in [1.807, 2.05) is 18.2 Å². The van der Waals surface area contributed by atoms with Crippen LogP contribution in [0.3, 0.4) is 0 Å². The maximum Gasteiger partial charge on any atom is 0.141 e. The maximum atomic E-state index is 6.56. The first-order valence-electron chi connectivity index (χ1n) is 8.44. The van der Waals surface area contributed by atoms with E-state index in [2.05, 4.69) is 18.8 Å². The first-order valence-corrected chi connectivity index (χ1v) is 9.57. The van der Waals surface area contributed by atoms with Gasteiger partial charge < -0.3 is 9.47 Å². The minimum atomic E-state index is 0.426. The lowest BCUT2D eigenvalue weighted by Gasteiger charge is -2.15. The highest BCUT2D eigenvalue weighted by Crippen LogP contribution is 2.45. The molecule has 0 fully saturated rings. The van der Waals surface area contributed by atoms with Gasteiger partial charge >= 0.3 is 0 Å². The molecule has 0 saturated carbocycles. The number of hydrogen-bond acceptors (Lipinski definition) is 3. The van der Waals surface area contributed by atoms with Gasteiger partial charge in [-0.15, -0.1) is 0 Å². The zero-order valence-corrected chi connectivity index (χ0v) is 18.3. The molecule has 0 aliphatic rings. The number of aliphatic imine (C=N–C) groups is 1. The quantitative estimate of drug-likeness (QED) is 0.578. The van der Waals surface area contributed by atoms with Crippen LogP contribution in [0.4, 0.5) is 0 Å². The summed E-state index contributed by atoms with van der Waals surface area (Å²) in [5.74, 6) is 0.988. The van der Waals surface area contributed by atoms with E-state index in [1.54, 1.807) is 33.4 Å². The van der Waals surface area contributed by atoms with Gasteiger partial charge in [0.15, 0.2) is 0 Å². The van der Waals surface area contributed by atoms with Crippen LogP contribution in [0.5, 0.6) is 11.5 Å². The molecule has 2 aromatic carbocycles. The summed E-state index contributed by atoms with van der Waals surface area (Å²) in [5.41, 5.74) is 2.73. The summed E-state index contributed by atoms with van der Waals surface area (Å²) in [7, 11) is 3.11. The van der Waals surface area contributed by atoms with Crippen molar-refractivity contribution in [3.05, 3.63) is 44.7 Å².